The molecule has 120 valence electrons. The molecule has 1 aliphatic rings. The molecule has 1 fully saturated rings. The van der Waals surface area contributed by atoms with E-state index in [9.17, 15) is 0 Å². The molecule has 1 atom stereocenters. The van der Waals surface area contributed by atoms with E-state index in [0.717, 1.165) is 6.54 Å². The lowest BCUT2D eigenvalue weighted by molar-refractivity contribution is 0.0197. The Kier molecular flexibility index (Phi) is 5.50. The van der Waals surface area contributed by atoms with E-state index in [1.165, 1.54) is 37.9 Å². The third-order valence-corrected chi connectivity index (χ3v) is 5.97. The van der Waals surface area contributed by atoms with Crippen molar-refractivity contribution in [2.24, 2.45) is 5.41 Å². The maximum Gasteiger partial charge on any atom is 0.0304 e. The maximum atomic E-state index is 3.87. The van der Waals surface area contributed by atoms with Gasteiger partial charge in [0.2, 0.25) is 0 Å². The van der Waals surface area contributed by atoms with Gasteiger partial charge in [-0.25, -0.2) is 0 Å². The molecule has 2 heterocycles. The molecule has 0 radical (unpaired) electrons. The first-order valence-electron chi connectivity index (χ1n) is 8.40. The molecule has 1 aromatic heterocycles. The maximum absolute atomic E-state index is 3.87. The molecular weight excluding hydrogens is 276 g/mol. The molecule has 0 saturated carbocycles. The number of nitrogens with zero attached hydrogens (tertiary/aromatic N) is 1. The average molecular weight is 309 g/mol. The minimum atomic E-state index is 0.316. The van der Waals surface area contributed by atoms with Gasteiger partial charge in [-0.15, -0.1) is 0 Å². The van der Waals surface area contributed by atoms with Gasteiger partial charge in [0.15, 0.2) is 0 Å². The molecule has 1 saturated heterocycles. The average Bonchev–Trinajstić information content (AvgIpc) is 2.97. The van der Waals surface area contributed by atoms with Gasteiger partial charge >= 0.3 is 0 Å². The summed E-state index contributed by atoms with van der Waals surface area (Å²) in [6.45, 7) is 15.3. The first kappa shape index (κ1) is 17.0. The summed E-state index contributed by atoms with van der Waals surface area (Å²) >= 11 is 1.81. The van der Waals surface area contributed by atoms with Gasteiger partial charge in [0.25, 0.3) is 0 Å². The second-order valence-electron chi connectivity index (χ2n) is 7.60. The van der Waals surface area contributed by atoms with E-state index < -0.39 is 0 Å². The molecular formula is C18H32N2S. The largest absolute Gasteiger partial charge is 0.308 e. The highest BCUT2D eigenvalue weighted by molar-refractivity contribution is 7.07. The van der Waals surface area contributed by atoms with E-state index in [-0.39, 0.29) is 0 Å². The van der Waals surface area contributed by atoms with Gasteiger partial charge in [0, 0.05) is 31.2 Å². The second kappa shape index (κ2) is 6.80. The van der Waals surface area contributed by atoms with Gasteiger partial charge < -0.3 is 5.32 Å². The molecule has 1 unspecified atom stereocenters. The quantitative estimate of drug-likeness (QED) is 0.878. The number of hydrogen-bond acceptors (Lipinski definition) is 3. The monoisotopic (exact) mass is 308 g/mol. The van der Waals surface area contributed by atoms with Crippen molar-refractivity contribution >= 4 is 11.3 Å². The smallest absolute Gasteiger partial charge is 0.0304 e. The van der Waals surface area contributed by atoms with E-state index in [1.54, 1.807) is 0 Å². The molecule has 3 heteroatoms. The molecule has 1 aliphatic heterocycles. The van der Waals surface area contributed by atoms with Crippen LogP contribution in [0.1, 0.15) is 53.0 Å². The predicted molar refractivity (Wildman–Crippen MR) is 94.2 cm³/mol. The number of piperazine rings is 1. The molecule has 0 aromatic carbocycles. The van der Waals surface area contributed by atoms with Gasteiger partial charge in [-0.3, -0.25) is 4.90 Å². The van der Waals surface area contributed by atoms with Gasteiger partial charge in [0.1, 0.15) is 0 Å². The molecule has 0 amide bonds. The van der Waals surface area contributed by atoms with Crippen LogP contribution in [-0.4, -0.2) is 36.1 Å². The Morgan fingerprint density at radius 2 is 2.05 bits per heavy atom. The molecule has 0 bridgehead atoms. The summed E-state index contributed by atoms with van der Waals surface area (Å²) in [6, 6.07) is 2.90. The number of rotatable bonds is 5. The summed E-state index contributed by atoms with van der Waals surface area (Å²) < 4.78 is 0. The van der Waals surface area contributed by atoms with Gasteiger partial charge in [0.05, 0.1) is 0 Å². The van der Waals surface area contributed by atoms with Crippen LogP contribution in [0.3, 0.4) is 0 Å². The standard InChI is InChI=1S/C18H32N2S/c1-6-18(7-2)14-20(10-8-15-9-11-21-13-15)16(12-19-18)17(3,4)5/h9,11,13,16,19H,6-8,10,12,14H2,1-5H3. The van der Waals surface area contributed by atoms with Crippen molar-refractivity contribution in [1.29, 1.82) is 0 Å². The van der Waals surface area contributed by atoms with Crippen LogP contribution in [0.2, 0.25) is 0 Å². The molecule has 0 aliphatic carbocycles. The Labute approximate surface area is 134 Å². The number of nitrogens with one attached hydrogen (secondary N) is 1. The fourth-order valence-electron chi connectivity index (χ4n) is 3.52. The lowest BCUT2D eigenvalue weighted by atomic mass is 9.80. The summed E-state index contributed by atoms with van der Waals surface area (Å²) in [5, 5.41) is 8.36. The van der Waals surface area contributed by atoms with Crippen LogP contribution in [0.25, 0.3) is 0 Å². The Morgan fingerprint density at radius 3 is 2.57 bits per heavy atom. The van der Waals surface area contributed by atoms with Crippen LogP contribution >= 0.6 is 11.3 Å². The van der Waals surface area contributed by atoms with Crippen LogP contribution in [0.5, 0.6) is 0 Å². The van der Waals surface area contributed by atoms with Crippen LogP contribution in [0.4, 0.5) is 0 Å². The lowest BCUT2D eigenvalue weighted by Gasteiger charge is -2.51. The summed E-state index contributed by atoms with van der Waals surface area (Å²) in [5.41, 5.74) is 2.14. The second-order valence-corrected chi connectivity index (χ2v) is 8.38. The fraction of sp³-hybridized carbons (Fsp3) is 0.778. The zero-order valence-electron chi connectivity index (χ0n) is 14.4. The molecule has 2 nitrogen and oxygen atoms in total. The zero-order chi connectivity index (χ0) is 15.5. The minimum Gasteiger partial charge on any atom is -0.308 e. The van der Waals surface area contributed by atoms with Crippen molar-refractivity contribution < 1.29 is 0 Å². The summed E-state index contributed by atoms with van der Waals surface area (Å²) in [7, 11) is 0. The third kappa shape index (κ3) is 4.08. The molecule has 2 rings (SSSR count). The highest BCUT2D eigenvalue weighted by Crippen LogP contribution is 2.31. The summed E-state index contributed by atoms with van der Waals surface area (Å²) in [4.78, 5) is 2.75. The summed E-state index contributed by atoms with van der Waals surface area (Å²) in [6.07, 6.45) is 3.62. The van der Waals surface area contributed by atoms with Crippen LogP contribution < -0.4 is 5.32 Å². The van der Waals surface area contributed by atoms with Crippen molar-refractivity contribution in [2.45, 2.75) is 65.5 Å². The SMILES string of the molecule is CCC1(CC)CN(CCc2ccsc2)C(C(C)(C)C)CN1. The van der Waals surface area contributed by atoms with E-state index in [0.29, 0.717) is 17.0 Å². The minimum absolute atomic E-state index is 0.316. The van der Waals surface area contributed by atoms with Gasteiger partial charge in [-0.1, -0.05) is 34.6 Å². The van der Waals surface area contributed by atoms with Crippen LogP contribution in [0, 0.1) is 5.41 Å². The van der Waals surface area contributed by atoms with E-state index >= 15 is 0 Å². The molecule has 1 aromatic rings. The van der Waals surface area contributed by atoms with Crippen molar-refractivity contribution in [2.75, 3.05) is 19.6 Å². The van der Waals surface area contributed by atoms with Crippen molar-refractivity contribution in [3.05, 3.63) is 22.4 Å². The Morgan fingerprint density at radius 1 is 1.33 bits per heavy atom. The lowest BCUT2D eigenvalue weighted by Crippen LogP contribution is -2.66. The fourth-order valence-corrected chi connectivity index (χ4v) is 4.22. The van der Waals surface area contributed by atoms with E-state index in [1.807, 2.05) is 11.3 Å². The third-order valence-electron chi connectivity index (χ3n) is 5.24. The van der Waals surface area contributed by atoms with E-state index in [2.05, 4.69) is 61.7 Å². The Balaban J connectivity index is 2.09. The van der Waals surface area contributed by atoms with Crippen LogP contribution in [0.15, 0.2) is 16.8 Å². The molecule has 0 spiro atoms. The Hall–Kier alpha value is -0.380. The Bertz CT molecular complexity index is 415. The number of hydrogen-bond donors (Lipinski definition) is 1. The normalized spacial score (nSPS) is 23.4. The van der Waals surface area contributed by atoms with Crippen molar-refractivity contribution in [3.8, 4) is 0 Å². The topological polar surface area (TPSA) is 15.3 Å². The number of thiophene rings is 1. The predicted octanol–water partition coefficient (Wildman–Crippen LogP) is 4.17. The van der Waals surface area contributed by atoms with Gasteiger partial charge in [-0.05, 0) is 47.1 Å². The highest BCUT2D eigenvalue weighted by atomic mass is 32.1. The van der Waals surface area contributed by atoms with E-state index in [4.69, 9.17) is 0 Å². The van der Waals surface area contributed by atoms with Crippen molar-refractivity contribution in [1.82, 2.24) is 10.2 Å². The zero-order valence-corrected chi connectivity index (χ0v) is 15.2. The molecule has 1 N–H and O–H groups in total. The highest BCUT2D eigenvalue weighted by Gasteiger charge is 2.40. The van der Waals surface area contributed by atoms with Crippen LogP contribution in [-0.2, 0) is 6.42 Å². The molecule has 21 heavy (non-hydrogen) atoms. The summed E-state index contributed by atoms with van der Waals surface area (Å²) in [5.74, 6) is 0. The van der Waals surface area contributed by atoms with Gasteiger partial charge in [-0.2, -0.15) is 11.3 Å². The van der Waals surface area contributed by atoms with Crippen molar-refractivity contribution in [3.63, 3.8) is 0 Å². The first-order chi connectivity index (χ1) is 9.90. The first-order valence-corrected chi connectivity index (χ1v) is 9.34.